The summed E-state index contributed by atoms with van der Waals surface area (Å²) in [4.78, 5) is 0. The quantitative estimate of drug-likeness (QED) is 0.495. The van der Waals surface area contributed by atoms with Gasteiger partial charge in [-0.05, 0) is 32.6 Å². The number of halogens is 5. The number of hydrogen-bond acceptors (Lipinski definition) is 1. The molecule has 0 saturated heterocycles. The molecule has 1 saturated carbocycles. The van der Waals surface area contributed by atoms with Gasteiger partial charge in [-0.15, -0.1) is 0 Å². The van der Waals surface area contributed by atoms with Gasteiger partial charge in [-0.1, -0.05) is 0 Å². The summed E-state index contributed by atoms with van der Waals surface area (Å²) >= 11 is 0. The summed E-state index contributed by atoms with van der Waals surface area (Å²) in [7, 11) is 0. The van der Waals surface area contributed by atoms with Crippen molar-refractivity contribution in [3.8, 4) is 0 Å². The van der Waals surface area contributed by atoms with Crippen molar-refractivity contribution in [2.24, 2.45) is 5.92 Å². The number of nitrogens with one attached hydrogen (secondary N) is 1. The fourth-order valence-electron chi connectivity index (χ4n) is 1.94. The Morgan fingerprint density at radius 1 is 0.833 bits per heavy atom. The molecule has 1 nitrogen and oxygen atoms in total. The normalized spacial score (nSPS) is 15.9. The van der Waals surface area contributed by atoms with E-state index in [2.05, 4.69) is 5.32 Å². The lowest BCUT2D eigenvalue weighted by molar-refractivity contribution is 0.377. The fourth-order valence-corrected chi connectivity index (χ4v) is 1.94. The van der Waals surface area contributed by atoms with Gasteiger partial charge in [-0.2, -0.15) is 0 Å². The molecule has 0 unspecified atom stereocenters. The molecule has 0 radical (unpaired) electrons. The van der Waals surface area contributed by atoms with Crippen molar-refractivity contribution in [1.82, 2.24) is 0 Å². The molecule has 0 bridgehead atoms. The molecule has 1 N–H and O–H groups in total. The van der Waals surface area contributed by atoms with Gasteiger partial charge in [0.1, 0.15) is 5.69 Å². The number of rotatable bonds is 3. The van der Waals surface area contributed by atoms with E-state index in [-0.39, 0.29) is 5.92 Å². The van der Waals surface area contributed by atoms with Crippen LogP contribution in [0.2, 0.25) is 0 Å². The lowest BCUT2D eigenvalue weighted by Gasteiger charge is -2.28. The lowest BCUT2D eigenvalue weighted by atomic mass is 9.98. The van der Waals surface area contributed by atoms with Crippen molar-refractivity contribution >= 4 is 5.69 Å². The van der Waals surface area contributed by atoms with E-state index in [4.69, 9.17) is 0 Å². The molecule has 0 aromatic heterocycles. The summed E-state index contributed by atoms with van der Waals surface area (Å²) in [5, 5.41) is 2.43. The Hall–Kier alpha value is -1.33. The average molecular weight is 265 g/mol. The van der Waals surface area contributed by atoms with Crippen molar-refractivity contribution in [3.63, 3.8) is 0 Å². The fraction of sp³-hybridized carbons (Fsp3) is 0.500. The van der Waals surface area contributed by atoms with E-state index in [1.165, 1.54) is 0 Å². The molecular weight excluding hydrogens is 253 g/mol. The van der Waals surface area contributed by atoms with Gasteiger partial charge >= 0.3 is 0 Å². The number of hydrogen-bond donors (Lipinski definition) is 1. The van der Waals surface area contributed by atoms with Crippen LogP contribution in [0.15, 0.2) is 0 Å². The minimum atomic E-state index is -2.14. The molecule has 0 spiro atoms. The third kappa shape index (κ3) is 2.04. The van der Waals surface area contributed by atoms with E-state index in [1.807, 2.05) is 0 Å². The summed E-state index contributed by atoms with van der Waals surface area (Å²) in [6, 6.07) is 0. The summed E-state index contributed by atoms with van der Waals surface area (Å²) in [5.74, 6) is -9.46. The molecule has 0 aliphatic heterocycles. The molecule has 0 amide bonds. The summed E-state index contributed by atoms with van der Waals surface area (Å²) in [6.45, 7) is 3.34. The summed E-state index contributed by atoms with van der Waals surface area (Å²) in [6.07, 6.45) is 1.74. The van der Waals surface area contributed by atoms with Crippen LogP contribution in [0.25, 0.3) is 0 Å². The van der Waals surface area contributed by atoms with Crippen molar-refractivity contribution in [2.75, 3.05) is 5.32 Å². The highest BCUT2D eigenvalue weighted by Crippen LogP contribution is 2.42. The molecule has 1 aromatic rings. The van der Waals surface area contributed by atoms with Gasteiger partial charge in [-0.3, -0.25) is 0 Å². The molecule has 18 heavy (non-hydrogen) atoms. The largest absolute Gasteiger partial charge is 0.375 e. The third-order valence-electron chi connectivity index (χ3n) is 3.25. The molecule has 1 aliphatic carbocycles. The van der Waals surface area contributed by atoms with E-state index in [0.29, 0.717) is 0 Å². The van der Waals surface area contributed by atoms with Crippen molar-refractivity contribution in [3.05, 3.63) is 29.1 Å². The van der Waals surface area contributed by atoms with Crippen LogP contribution >= 0.6 is 0 Å². The minimum absolute atomic E-state index is 0.174. The lowest BCUT2D eigenvalue weighted by Crippen LogP contribution is -2.34. The predicted octanol–water partition coefficient (Wildman–Crippen LogP) is 3.98. The summed E-state index contributed by atoms with van der Waals surface area (Å²) in [5.41, 5.74) is -1.67. The molecule has 6 heteroatoms. The van der Waals surface area contributed by atoms with E-state index in [9.17, 15) is 22.0 Å². The van der Waals surface area contributed by atoms with E-state index in [0.717, 1.165) is 12.8 Å². The Kier molecular flexibility index (Phi) is 2.99. The van der Waals surface area contributed by atoms with Crippen LogP contribution in [0.3, 0.4) is 0 Å². The van der Waals surface area contributed by atoms with Gasteiger partial charge in [-0.25, -0.2) is 22.0 Å². The van der Waals surface area contributed by atoms with Crippen LogP contribution in [0.1, 0.15) is 26.7 Å². The van der Waals surface area contributed by atoms with Crippen LogP contribution in [0.5, 0.6) is 0 Å². The smallest absolute Gasteiger partial charge is 0.200 e. The van der Waals surface area contributed by atoms with Crippen LogP contribution in [-0.4, -0.2) is 5.54 Å². The molecule has 0 atom stereocenters. The first kappa shape index (κ1) is 13.1. The zero-order valence-electron chi connectivity index (χ0n) is 9.88. The van der Waals surface area contributed by atoms with Crippen molar-refractivity contribution < 1.29 is 22.0 Å². The topological polar surface area (TPSA) is 12.0 Å². The zero-order valence-corrected chi connectivity index (χ0v) is 9.88. The Balaban J connectivity index is 2.44. The zero-order chi connectivity index (χ0) is 13.7. The molecule has 1 aromatic carbocycles. The van der Waals surface area contributed by atoms with Gasteiger partial charge in [0.15, 0.2) is 23.3 Å². The second kappa shape index (κ2) is 4.10. The van der Waals surface area contributed by atoms with Crippen LogP contribution in [-0.2, 0) is 0 Å². The van der Waals surface area contributed by atoms with E-state index < -0.39 is 40.3 Å². The van der Waals surface area contributed by atoms with Crippen molar-refractivity contribution in [1.29, 1.82) is 0 Å². The standard InChI is InChI=1S/C12H12F5N/c1-12(2,5-3-4-5)18-11-9(16)7(14)6(13)8(15)10(11)17/h5,18H,3-4H2,1-2H3. The second-order valence-corrected chi connectivity index (χ2v) is 5.07. The molecule has 2 rings (SSSR count). The first-order valence-corrected chi connectivity index (χ1v) is 5.55. The maximum absolute atomic E-state index is 13.4. The molecule has 1 aliphatic rings. The SMILES string of the molecule is CC(C)(Nc1c(F)c(F)c(F)c(F)c1F)C1CC1. The van der Waals surface area contributed by atoms with Crippen LogP contribution < -0.4 is 5.32 Å². The first-order valence-electron chi connectivity index (χ1n) is 5.55. The Bertz CT molecular complexity index is 465. The van der Waals surface area contributed by atoms with Gasteiger partial charge in [0, 0.05) is 5.54 Å². The van der Waals surface area contributed by atoms with Gasteiger partial charge in [0.2, 0.25) is 5.82 Å². The Morgan fingerprint density at radius 3 is 1.61 bits per heavy atom. The van der Waals surface area contributed by atoms with E-state index >= 15 is 0 Å². The van der Waals surface area contributed by atoms with Gasteiger partial charge < -0.3 is 5.32 Å². The predicted molar refractivity (Wildman–Crippen MR) is 56.7 cm³/mol. The van der Waals surface area contributed by atoms with Crippen LogP contribution in [0, 0.1) is 35.0 Å². The first-order chi connectivity index (χ1) is 8.25. The Labute approximate surface area is 101 Å². The monoisotopic (exact) mass is 265 g/mol. The molecule has 1 fully saturated rings. The van der Waals surface area contributed by atoms with Crippen LogP contribution in [0.4, 0.5) is 27.6 Å². The van der Waals surface area contributed by atoms with Gasteiger partial charge in [0.05, 0.1) is 0 Å². The number of anilines is 1. The highest BCUT2D eigenvalue weighted by molar-refractivity contribution is 5.50. The average Bonchev–Trinajstić information content (AvgIpc) is 3.14. The summed E-state index contributed by atoms with van der Waals surface area (Å²) < 4.78 is 65.7. The highest BCUT2D eigenvalue weighted by Gasteiger charge is 2.39. The number of benzene rings is 1. The maximum Gasteiger partial charge on any atom is 0.200 e. The third-order valence-corrected chi connectivity index (χ3v) is 3.25. The van der Waals surface area contributed by atoms with E-state index in [1.54, 1.807) is 13.8 Å². The molecule has 100 valence electrons. The molecule has 0 heterocycles. The molecular formula is C12H12F5N. The second-order valence-electron chi connectivity index (χ2n) is 5.07. The van der Waals surface area contributed by atoms with Crippen molar-refractivity contribution in [2.45, 2.75) is 32.2 Å². The highest BCUT2D eigenvalue weighted by atomic mass is 19.2. The Morgan fingerprint density at radius 2 is 1.22 bits per heavy atom. The minimum Gasteiger partial charge on any atom is -0.375 e. The van der Waals surface area contributed by atoms with Gasteiger partial charge in [0.25, 0.3) is 0 Å². The maximum atomic E-state index is 13.4.